The predicted molar refractivity (Wildman–Crippen MR) is 96.0 cm³/mol. The normalized spacial score (nSPS) is 24.0. The van der Waals surface area contributed by atoms with E-state index < -0.39 is 5.97 Å². The van der Waals surface area contributed by atoms with Crippen molar-refractivity contribution in [1.82, 2.24) is 0 Å². The summed E-state index contributed by atoms with van der Waals surface area (Å²) in [5.41, 5.74) is 0.647. The maximum Gasteiger partial charge on any atom is 0.306 e. The van der Waals surface area contributed by atoms with Crippen LogP contribution in [0.1, 0.15) is 51.4 Å². The van der Waals surface area contributed by atoms with Gasteiger partial charge in [0.05, 0.1) is 17.0 Å². The molecule has 1 aromatic rings. The predicted octanol–water partition coefficient (Wildman–Crippen LogP) is 4.49. The van der Waals surface area contributed by atoms with Crippen LogP contribution in [0.5, 0.6) is 5.75 Å². The molecule has 2 saturated carbocycles. The van der Waals surface area contributed by atoms with Crippen LogP contribution in [0.2, 0.25) is 5.02 Å². The van der Waals surface area contributed by atoms with E-state index in [9.17, 15) is 9.59 Å². The largest absolute Gasteiger partial charge is 0.489 e. The summed E-state index contributed by atoms with van der Waals surface area (Å²) in [4.78, 5) is 23.4. The molecule has 6 heteroatoms. The van der Waals surface area contributed by atoms with Gasteiger partial charge in [-0.3, -0.25) is 9.59 Å². The molecule has 2 fully saturated rings. The molecule has 1 amide bonds. The fourth-order valence-electron chi connectivity index (χ4n) is 3.71. The Morgan fingerprint density at radius 3 is 2.28 bits per heavy atom. The molecule has 0 heterocycles. The van der Waals surface area contributed by atoms with Crippen molar-refractivity contribution in [2.45, 2.75) is 57.5 Å². The molecule has 0 aromatic heterocycles. The molecule has 1 aromatic carbocycles. The Hall–Kier alpha value is -1.75. The second-order valence-electron chi connectivity index (χ2n) is 7.05. The molecule has 2 N–H and O–H groups in total. The van der Waals surface area contributed by atoms with Gasteiger partial charge < -0.3 is 15.2 Å². The highest BCUT2D eigenvalue weighted by molar-refractivity contribution is 6.32. The van der Waals surface area contributed by atoms with Gasteiger partial charge in [0.2, 0.25) is 5.91 Å². The Balaban J connectivity index is 1.54. The van der Waals surface area contributed by atoms with Crippen LogP contribution in [0.3, 0.4) is 0 Å². The Bertz CT molecular complexity index is 634. The second kappa shape index (κ2) is 8.09. The summed E-state index contributed by atoms with van der Waals surface area (Å²) in [6, 6.07) is 5.32. The lowest BCUT2D eigenvalue weighted by Gasteiger charge is -2.25. The molecule has 0 bridgehead atoms. The molecule has 0 spiro atoms. The molecule has 0 radical (unpaired) electrons. The van der Waals surface area contributed by atoms with Gasteiger partial charge in [0.25, 0.3) is 0 Å². The van der Waals surface area contributed by atoms with Gasteiger partial charge in [-0.05, 0) is 69.6 Å². The monoisotopic (exact) mass is 365 g/mol. The van der Waals surface area contributed by atoms with E-state index in [1.807, 2.05) is 0 Å². The number of carboxylic acid groups (broad SMARTS) is 1. The molecule has 3 rings (SSSR count). The highest BCUT2D eigenvalue weighted by Gasteiger charge is 2.29. The number of hydrogen-bond donors (Lipinski definition) is 2. The first-order chi connectivity index (χ1) is 12.0. The molecule has 0 aliphatic heterocycles. The number of nitrogens with one attached hydrogen (secondary N) is 1. The number of rotatable bonds is 5. The van der Waals surface area contributed by atoms with E-state index in [1.165, 1.54) is 12.8 Å². The zero-order valence-electron chi connectivity index (χ0n) is 14.2. The third-order valence-corrected chi connectivity index (χ3v) is 5.54. The standard InChI is InChI=1S/C19H24ClNO4/c20-16-11-14(9-10-17(16)25-15-3-1-2-4-15)21-18(22)12-5-7-13(8-6-12)19(23)24/h9-13,15H,1-8H2,(H,21,22)(H,23,24). The maximum absolute atomic E-state index is 12.4. The zero-order valence-corrected chi connectivity index (χ0v) is 14.9. The number of benzene rings is 1. The van der Waals surface area contributed by atoms with Gasteiger partial charge in [0, 0.05) is 11.6 Å². The molecule has 25 heavy (non-hydrogen) atoms. The number of amides is 1. The number of anilines is 1. The van der Waals surface area contributed by atoms with Crippen LogP contribution >= 0.6 is 11.6 Å². The van der Waals surface area contributed by atoms with Crippen molar-refractivity contribution in [3.8, 4) is 5.75 Å². The van der Waals surface area contributed by atoms with Gasteiger partial charge in [-0.1, -0.05) is 11.6 Å². The van der Waals surface area contributed by atoms with Gasteiger partial charge in [0.1, 0.15) is 5.75 Å². The first-order valence-electron chi connectivity index (χ1n) is 9.03. The Morgan fingerprint density at radius 1 is 1.04 bits per heavy atom. The number of ether oxygens (including phenoxy) is 1. The SMILES string of the molecule is O=C(O)C1CCC(C(=O)Nc2ccc(OC3CCCC3)c(Cl)c2)CC1. The number of carbonyl (C=O) groups excluding carboxylic acids is 1. The summed E-state index contributed by atoms with van der Waals surface area (Å²) in [5, 5.41) is 12.4. The van der Waals surface area contributed by atoms with Crippen molar-refractivity contribution in [2.75, 3.05) is 5.32 Å². The summed E-state index contributed by atoms with van der Waals surface area (Å²) >= 11 is 6.29. The molecule has 0 unspecified atom stereocenters. The lowest BCUT2D eigenvalue weighted by molar-refractivity contribution is -0.143. The van der Waals surface area contributed by atoms with Crippen molar-refractivity contribution in [1.29, 1.82) is 0 Å². The van der Waals surface area contributed by atoms with E-state index in [1.54, 1.807) is 18.2 Å². The Kier molecular flexibility index (Phi) is 5.84. The van der Waals surface area contributed by atoms with E-state index in [4.69, 9.17) is 21.4 Å². The van der Waals surface area contributed by atoms with Crippen molar-refractivity contribution in [3.05, 3.63) is 23.2 Å². The van der Waals surface area contributed by atoms with Crippen LogP contribution in [0.15, 0.2) is 18.2 Å². The molecular formula is C19H24ClNO4. The van der Waals surface area contributed by atoms with E-state index in [2.05, 4.69) is 5.32 Å². The summed E-state index contributed by atoms with van der Waals surface area (Å²) in [7, 11) is 0. The van der Waals surface area contributed by atoms with E-state index in [0.29, 0.717) is 42.1 Å². The van der Waals surface area contributed by atoms with Gasteiger partial charge in [-0.25, -0.2) is 0 Å². The lowest BCUT2D eigenvalue weighted by atomic mass is 9.81. The maximum atomic E-state index is 12.4. The lowest BCUT2D eigenvalue weighted by Crippen LogP contribution is -2.29. The number of aliphatic carboxylic acids is 1. The highest BCUT2D eigenvalue weighted by Crippen LogP contribution is 2.33. The zero-order chi connectivity index (χ0) is 17.8. The fraction of sp³-hybridized carbons (Fsp3) is 0.579. The number of halogens is 1. The molecule has 5 nitrogen and oxygen atoms in total. The van der Waals surface area contributed by atoms with Crippen LogP contribution in [0.4, 0.5) is 5.69 Å². The Labute approximate surface area is 152 Å². The third kappa shape index (κ3) is 4.66. The number of carbonyl (C=O) groups is 2. The van der Waals surface area contributed by atoms with Crippen LogP contribution in [0, 0.1) is 11.8 Å². The smallest absolute Gasteiger partial charge is 0.306 e. The summed E-state index contributed by atoms with van der Waals surface area (Å²) in [6.45, 7) is 0. The topological polar surface area (TPSA) is 75.6 Å². The second-order valence-corrected chi connectivity index (χ2v) is 7.45. The Morgan fingerprint density at radius 2 is 1.68 bits per heavy atom. The van der Waals surface area contributed by atoms with Crippen LogP contribution in [-0.2, 0) is 9.59 Å². The minimum atomic E-state index is -0.761. The van der Waals surface area contributed by atoms with Crippen LogP contribution < -0.4 is 10.1 Å². The molecule has 0 saturated heterocycles. The van der Waals surface area contributed by atoms with E-state index in [0.717, 1.165) is 12.8 Å². The average Bonchev–Trinajstić information content (AvgIpc) is 3.10. The van der Waals surface area contributed by atoms with Gasteiger partial charge in [0.15, 0.2) is 0 Å². The van der Waals surface area contributed by atoms with Crippen molar-refractivity contribution >= 4 is 29.2 Å². The first-order valence-corrected chi connectivity index (χ1v) is 9.40. The molecule has 2 aliphatic rings. The van der Waals surface area contributed by atoms with E-state index in [-0.39, 0.29) is 23.8 Å². The van der Waals surface area contributed by atoms with E-state index >= 15 is 0 Å². The molecule has 136 valence electrons. The number of hydrogen-bond acceptors (Lipinski definition) is 3. The van der Waals surface area contributed by atoms with Crippen molar-refractivity contribution < 1.29 is 19.4 Å². The molecular weight excluding hydrogens is 342 g/mol. The van der Waals surface area contributed by atoms with Gasteiger partial charge >= 0.3 is 5.97 Å². The minimum Gasteiger partial charge on any atom is -0.489 e. The summed E-state index contributed by atoms with van der Waals surface area (Å²) in [6.07, 6.45) is 7.09. The van der Waals surface area contributed by atoms with Crippen molar-refractivity contribution in [2.24, 2.45) is 11.8 Å². The highest BCUT2D eigenvalue weighted by atomic mass is 35.5. The summed E-state index contributed by atoms with van der Waals surface area (Å²) < 4.78 is 5.92. The summed E-state index contributed by atoms with van der Waals surface area (Å²) in [5.74, 6) is -0.615. The molecule has 0 atom stereocenters. The minimum absolute atomic E-state index is 0.0654. The quantitative estimate of drug-likeness (QED) is 0.806. The van der Waals surface area contributed by atoms with Crippen LogP contribution in [-0.4, -0.2) is 23.1 Å². The van der Waals surface area contributed by atoms with Gasteiger partial charge in [-0.15, -0.1) is 0 Å². The average molecular weight is 366 g/mol. The first kappa shape index (κ1) is 18.1. The van der Waals surface area contributed by atoms with Crippen LogP contribution in [0.25, 0.3) is 0 Å². The number of carboxylic acids is 1. The fourth-order valence-corrected chi connectivity index (χ4v) is 3.93. The van der Waals surface area contributed by atoms with Gasteiger partial charge in [-0.2, -0.15) is 0 Å². The van der Waals surface area contributed by atoms with Crippen molar-refractivity contribution in [3.63, 3.8) is 0 Å². The third-order valence-electron chi connectivity index (χ3n) is 5.24. The molecule has 2 aliphatic carbocycles.